The van der Waals surface area contributed by atoms with Crippen molar-refractivity contribution >= 4 is 39.3 Å². The van der Waals surface area contributed by atoms with E-state index in [1.165, 1.54) is 0 Å². The minimum absolute atomic E-state index is 0.764. The molecule has 4 nitrogen and oxygen atoms in total. The van der Waals surface area contributed by atoms with Gasteiger partial charge in [-0.2, -0.15) is 0 Å². The van der Waals surface area contributed by atoms with Crippen molar-refractivity contribution in [2.24, 2.45) is 0 Å². The third-order valence-electron chi connectivity index (χ3n) is 3.40. The van der Waals surface area contributed by atoms with E-state index in [1.807, 2.05) is 48.7 Å². The highest BCUT2D eigenvalue weighted by Crippen LogP contribution is 2.35. The van der Waals surface area contributed by atoms with E-state index in [4.69, 9.17) is 5.73 Å². The molecule has 102 valence electrons. The predicted octanol–water partition coefficient (Wildman–Crippen LogP) is 3.84. The van der Waals surface area contributed by atoms with Gasteiger partial charge in [-0.3, -0.25) is 4.98 Å². The van der Waals surface area contributed by atoms with Crippen LogP contribution in [0.25, 0.3) is 21.8 Å². The summed E-state index contributed by atoms with van der Waals surface area (Å²) in [4.78, 5) is 13.0. The van der Waals surface area contributed by atoms with Gasteiger partial charge in [0, 0.05) is 28.1 Å². The molecule has 5 heteroatoms. The van der Waals surface area contributed by atoms with Crippen molar-refractivity contribution in [3.05, 3.63) is 54.9 Å². The number of aromatic amines is 1. The molecule has 0 aliphatic rings. The van der Waals surface area contributed by atoms with Crippen LogP contribution in [-0.2, 0) is 0 Å². The van der Waals surface area contributed by atoms with E-state index in [0.717, 1.165) is 37.5 Å². The number of nitrogens with one attached hydrogen (secondary N) is 1. The summed E-state index contributed by atoms with van der Waals surface area (Å²) in [7, 11) is 0. The zero-order valence-corrected chi connectivity index (χ0v) is 11.9. The fraction of sp³-hybridized carbons (Fsp3) is 0. The number of hydrogen-bond acceptors (Lipinski definition) is 4. The number of para-hydroxylation sites is 2. The van der Waals surface area contributed by atoms with Crippen LogP contribution in [-0.4, -0.2) is 15.0 Å². The number of fused-ring (bicyclic) bond motifs is 2. The van der Waals surface area contributed by atoms with Gasteiger partial charge >= 0.3 is 0 Å². The van der Waals surface area contributed by atoms with Crippen molar-refractivity contribution in [1.29, 1.82) is 0 Å². The third-order valence-corrected chi connectivity index (χ3v) is 4.36. The number of benzene rings is 2. The van der Waals surface area contributed by atoms with Gasteiger partial charge in [0.15, 0.2) is 5.16 Å². The quantitative estimate of drug-likeness (QED) is 0.551. The molecule has 2 aromatic carbocycles. The van der Waals surface area contributed by atoms with Crippen molar-refractivity contribution in [3.63, 3.8) is 0 Å². The summed E-state index contributed by atoms with van der Waals surface area (Å²) < 4.78 is 0. The van der Waals surface area contributed by atoms with Crippen LogP contribution in [0.1, 0.15) is 0 Å². The first kappa shape index (κ1) is 12.2. The highest BCUT2D eigenvalue weighted by molar-refractivity contribution is 7.99. The van der Waals surface area contributed by atoms with E-state index in [-0.39, 0.29) is 0 Å². The number of nitrogen functional groups attached to an aromatic ring is 1. The zero-order chi connectivity index (χ0) is 14.2. The molecule has 0 unspecified atom stereocenters. The first-order chi connectivity index (χ1) is 10.3. The molecule has 0 fully saturated rings. The van der Waals surface area contributed by atoms with Gasteiger partial charge in [-0.05, 0) is 36.0 Å². The molecule has 0 amide bonds. The Hall–Kier alpha value is -2.53. The summed E-state index contributed by atoms with van der Waals surface area (Å²) in [6.07, 6.45) is 3.58. The summed E-state index contributed by atoms with van der Waals surface area (Å²) in [6, 6.07) is 14.0. The second kappa shape index (κ2) is 4.79. The fourth-order valence-corrected chi connectivity index (χ4v) is 3.21. The van der Waals surface area contributed by atoms with Crippen molar-refractivity contribution in [2.75, 3.05) is 5.73 Å². The number of H-pyrrole nitrogens is 1. The van der Waals surface area contributed by atoms with Gasteiger partial charge in [0.05, 0.1) is 16.7 Å². The summed E-state index contributed by atoms with van der Waals surface area (Å²) >= 11 is 1.54. The molecule has 0 spiro atoms. The normalized spacial score (nSPS) is 11.2. The minimum Gasteiger partial charge on any atom is -0.397 e. The number of nitrogens with two attached hydrogens (primary N) is 1. The number of pyridine rings is 1. The van der Waals surface area contributed by atoms with Gasteiger partial charge in [-0.1, -0.05) is 18.2 Å². The lowest BCUT2D eigenvalue weighted by atomic mass is 10.1. The molecule has 0 atom stereocenters. The van der Waals surface area contributed by atoms with E-state index in [9.17, 15) is 0 Å². The Bertz CT molecular complexity index is 912. The number of anilines is 1. The van der Waals surface area contributed by atoms with Crippen molar-refractivity contribution in [3.8, 4) is 0 Å². The van der Waals surface area contributed by atoms with Gasteiger partial charge in [-0.15, -0.1) is 0 Å². The lowest BCUT2D eigenvalue weighted by Gasteiger charge is -2.06. The van der Waals surface area contributed by atoms with Gasteiger partial charge in [0.25, 0.3) is 0 Å². The zero-order valence-electron chi connectivity index (χ0n) is 11.1. The van der Waals surface area contributed by atoms with Gasteiger partial charge < -0.3 is 10.7 Å². The van der Waals surface area contributed by atoms with Crippen LogP contribution in [0.4, 0.5) is 5.69 Å². The third kappa shape index (κ3) is 2.11. The fourth-order valence-electron chi connectivity index (χ4n) is 2.34. The van der Waals surface area contributed by atoms with Crippen molar-refractivity contribution < 1.29 is 0 Å². The minimum atomic E-state index is 0.764. The summed E-state index contributed by atoms with van der Waals surface area (Å²) in [6.45, 7) is 0. The highest BCUT2D eigenvalue weighted by Gasteiger charge is 2.09. The van der Waals surface area contributed by atoms with Crippen molar-refractivity contribution in [1.82, 2.24) is 15.0 Å². The highest BCUT2D eigenvalue weighted by atomic mass is 32.2. The largest absolute Gasteiger partial charge is 0.397 e. The maximum Gasteiger partial charge on any atom is 0.171 e. The Kier molecular flexibility index (Phi) is 2.79. The lowest BCUT2D eigenvalue weighted by Crippen LogP contribution is -1.91. The maximum atomic E-state index is 6.27. The van der Waals surface area contributed by atoms with Crippen LogP contribution in [0.5, 0.6) is 0 Å². The summed E-state index contributed by atoms with van der Waals surface area (Å²) in [5.41, 5.74) is 9.03. The van der Waals surface area contributed by atoms with E-state index < -0.39 is 0 Å². The summed E-state index contributed by atoms with van der Waals surface area (Å²) in [5, 5.41) is 2.91. The SMILES string of the molecule is Nc1c(Sc2nc3ccccc3[nH]2)ccc2cnccc12. The first-order valence-corrected chi connectivity index (χ1v) is 7.38. The van der Waals surface area contributed by atoms with Crippen LogP contribution in [0.3, 0.4) is 0 Å². The van der Waals surface area contributed by atoms with E-state index >= 15 is 0 Å². The molecule has 4 rings (SSSR count). The molecule has 3 N–H and O–H groups in total. The molecular formula is C16H12N4S. The second-order valence-electron chi connectivity index (χ2n) is 4.74. The second-order valence-corrected chi connectivity index (χ2v) is 5.77. The number of aromatic nitrogens is 3. The van der Waals surface area contributed by atoms with Gasteiger partial charge in [0.1, 0.15) is 0 Å². The van der Waals surface area contributed by atoms with E-state index in [1.54, 1.807) is 18.0 Å². The van der Waals surface area contributed by atoms with E-state index in [0.29, 0.717) is 0 Å². The predicted molar refractivity (Wildman–Crippen MR) is 86.4 cm³/mol. The topological polar surface area (TPSA) is 67.6 Å². The molecule has 0 aliphatic carbocycles. The van der Waals surface area contributed by atoms with Crippen LogP contribution >= 0.6 is 11.8 Å². The van der Waals surface area contributed by atoms with Crippen LogP contribution < -0.4 is 5.73 Å². The van der Waals surface area contributed by atoms with Gasteiger partial charge in [0.2, 0.25) is 0 Å². The van der Waals surface area contributed by atoms with Crippen LogP contribution in [0.15, 0.2) is 64.9 Å². The Morgan fingerprint density at radius 1 is 1.05 bits per heavy atom. The van der Waals surface area contributed by atoms with Crippen molar-refractivity contribution in [2.45, 2.75) is 10.1 Å². The summed E-state index contributed by atoms with van der Waals surface area (Å²) in [5.74, 6) is 0. The van der Waals surface area contributed by atoms with Crippen LogP contribution in [0, 0.1) is 0 Å². The number of imidazole rings is 1. The smallest absolute Gasteiger partial charge is 0.171 e. The molecule has 0 radical (unpaired) electrons. The average molecular weight is 292 g/mol. The molecule has 0 aliphatic heterocycles. The molecule has 0 saturated carbocycles. The maximum absolute atomic E-state index is 6.27. The molecule has 0 saturated heterocycles. The Morgan fingerprint density at radius 3 is 2.86 bits per heavy atom. The Labute approximate surface area is 125 Å². The Balaban J connectivity index is 1.78. The van der Waals surface area contributed by atoms with E-state index in [2.05, 4.69) is 15.0 Å². The monoisotopic (exact) mass is 292 g/mol. The molecule has 21 heavy (non-hydrogen) atoms. The molecule has 2 heterocycles. The Morgan fingerprint density at radius 2 is 1.95 bits per heavy atom. The number of nitrogens with zero attached hydrogens (tertiary/aromatic N) is 2. The molecular weight excluding hydrogens is 280 g/mol. The number of rotatable bonds is 2. The van der Waals surface area contributed by atoms with Gasteiger partial charge in [-0.25, -0.2) is 4.98 Å². The standard InChI is InChI=1S/C16H12N4S/c17-15-11-7-8-18-9-10(11)5-6-14(15)21-16-19-12-3-1-2-4-13(12)20-16/h1-9H,17H2,(H,19,20). The molecule has 4 aromatic rings. The molecule has 2 aromatic heterocycles. The lowest BCUT2D eigenvalue weighted by molar-refractivity contribution is 1.08. The first-order valence-electron chi connectivity index (χ1n) is 6.56. The molecule has 0 bridgehead atoms. The average Bonchev–Trinajstić information content (AvgIpc) is 2.93. The van der Waals surface area contributed by atoms with Crippen LogP contribution in [0.2, 0.25) is 0 Å². The number of hydrogen-bond donors (Lipinski definition) is 2.